The largest absolute Gasteiger partial charge is 0.496 e. The molecule has 1 aliphatic heterocycles. The van der Waals surface area contributed by atoms with Crippen LogP contribution in [0.5, 0.6) is 5.75 Å². The number of nitrogens with zero attached hydrogens (tertiary/aromatic N) is 1. The first-order chi connectivity index (χ1) is 15.3. The summed E-state index contributed by atoms with van der Waals surface area (Å²) in [4.78, 5) is 16.6. The van der Waals surface area contributed by atoms with Crippen molar-refractivity contribution < 1.29 is 18.7 Å². The fraction of sp³-hybridized carbons (Fsp3) is 0.231. The second kappa shape index (κ2) is 8.46. The van der Waals surface area contributed by atoms with Crippen LogP contribution in [0.15, 0.2) is 60.9 Å². The van der Waals surface area contributed by atoms with E-state index in [1.807, 2.05) is 19.1 Å². The van der Waals surface area contributed by atoms with Crippen LogP contribution in [-0.2, 0) is 11.3 Å². The molecule has 2 heterocycles. The van der Waals surface area contributed by atoms with Gasteiger partial charge in [0.1, 0.15) is 18.2 Å². The average molecular weight is 432 g/mol. The van der Waals surface area contributed by atoms with Gasteiger partial charge in [-0.15, -0.1) is 0 Å². The van der Waals surface area contributed by atoms with Gasteiger partial charge in [-0.1, -0.05) is 12.1 Å². The van der Waals surface area contributed by atoms with Crippen molar-refractivity contribution >= 4 is 17.2 Å². The van der Waals surface area contributed by atoms with Crippen molar-refractivity contribution in [2.45, 2.75) is 32.9 Å². The molecule has 32 heavy (non-hydrogen) atoms. The summed E-state index contributed by atoms with van der Waals surface area (Å²) in [6.45, 7) is 6.27. The Balaban J connectivity index is 1.83. The molecule has 0 aliphatic carbocycles. The van der Waals surface area contributed by atoms with Crippen LogP contribution in [0.3, 0.4) is 0 Å². The number of esters is 1. The molecule has 0 atom stereocenters. The lowest BCUT2D eigenvalue weighted by Crippen LogP contribution is -2.32. The number of carbonyl (C=O) groups excluding carboxylic acids is 1. The van der Waals surface area contributed by atoms with E-state index >= 15 is 0 Å². The lowest BCUT2D eigenvalue weighted by molar-refractivity contribution is 0.0472. The number of aromatic nitrogens is 1. The van der Waals surface area contributed by atoms with E-state index in [1.165, 1.54) is 25.4 Å². The number of ether oxygens (including phenoxy) is 2. The van der Waals surface area contributed by atoms with Gasteiger partial charge in [0, 0.05) is 40.8 Å². The third-order valence-electron chi connectivity index (χ3n) is 5.44. The Morgan fingerprint density at radius 2 is 1.94 bits per heavy atom. The standard InChI is InChI=1S/C26H25FN2O3/c1-16-13-26(2,3)29-22-10-9-19(20-8-7-18(27)12-23(20)31-4)21(24(16)22)15-32-25(30)17-6-5-11-28-14-17/h5-14,29H,15H2,1-4H3. The molecule has 0 radical (unpaired) electrons. The van der Waals surface area contributed by atoms with Crippen LogP contribution in [0.25, 0.3) is 16.7 Å². The number of hydrogen-bond donors (Lipinski definition) is 1. The van der Waals surface area contributed by atoms with E-state index in [1.54, 1.807) is 24.4 Å². The summed E-state index contributed by atoms with van der Waals surface area (Å²) in [5.41, 5.74) is 5.51. The zero-order valence-electron chi connectivity index (χ0n) is 18.5. The highest BCUT2D eigenvalue weighted by molar-refractivity contribution is 5.90. The molecule has 0 bridgehead atoms. The highest BCUT2D eigenvalue weighted by Gasteiger charge is 2.27. The van der Waals surface area contributed by atoms with Crippen LogP contribution in [0.1, 0.15) is 42.3 Å². The molecular weight excluding hydrogens is 407 g/mol. The van der Waals surface area contributed by atoms with Gasteiger partial charge in [0.2, 0.25) is 0 Å². The quantitative estimate of drug-likeness (QED) is 0.512. The lowest BCUT2D eigenvalue weighted by Gasteiger charge is -2.33. The predicted molar refractivity (Wildman–Crippen MR) is 123 cm³/mol. The SMILES string of the molecule is COc1cc(F)ccc1-c1ccc2c(c1COC(=O)c1cccnc1)C(C)=CC(C)(C)N2. The van der Waals surface area contributed by atoms with E-state index in [0.717, 1.165) is 33.5 Å². The first kappa shape index (κ1) is 21.6. The normalized spacial score (nSPS) is 14.1. The second-order valence-corrected chi connectivity index (χ2v) is 8.35. The summed E-state index contributed by atoms with van der Waals surface area (Å²) in [6, 6.07) is 11.7. The molecule has 5 nitrogen and oxygen atoms in total. The minimum absolute atomic E-state index is 0.0417. The molecule has 0 spiro atoms. The topological polar surface area (TPSA) is 60.5 Å². The maximum atomic E-state index is 13.8. The van der Waals surface area contributed by atoms with Gasteiger partial charge in [-0.25, -0.2) is 9.18 Å². The van der Waals surface area contributed by atoms with Gasteiger partial charge in [-0.3, -0.25) is 4.98 Å². The fourth-order valence-corrected chi connectivity index (χ4v) is 4.19. The van der Waals surface area contributed by atoms with Gasteiger partial charge in [0.15, 0.2) is 0 Å². The highest BCUT2D eigenvalue weighted by Crippen LogP contribution is 2.42. The molecule has 4 rings (SSSR count). The van der Waals surface area contributed by atoms with Crippen molar-refractivity contribution in [3.8, 4) is 16.9 Å². The summed E-state index contributed by atoms with van der Waals surface area (Å²) in [6.07, 6.45) is 5.22. The molecule has 1 aromatic heterocycles. The van der Waals surface area contributed by atoms with Crippen molar-refractivity contribution in [2.24, 2.45) is 0 Å². The molecule has 0 unspecified atom stereocenters. The van der Waals surface area contributed by atoms with Crippen molar-refractivity contribution in [3.05, 3.63) is 83.4 Å². The number of methoxy groups -OCH3 is 1. The molecule has 6 heteroatoms. The Morgan fingerprint density at radius 1 is 1.16 bits per heavy atom. The van der Waals surface area contributed by atoms with E-state index in [2.05, 4.69) is 30.2 Å². The van der Waals surface area contributed by atoms with Crippen molar-refractivity contribution in [3.63, 3.8) is 0 Å². The monoisotopic (exact) mass is 432 g/mol. The van der Waals surface area contributed by atoms with E-state index in [4.69, 9.17) is 9.47 Å². The number of fused-ring (bicyclic) bond motifs is 1. The van der Waals surface area contributed by atoms with Gasteiger partial charge in [0.25, 0.3) is 0 Å². The summed E-state index contributed by atoms with van der Waals surface area (Å²) in [5.74, 6) is -0.429. The van der Waals surface area contributed by atoms with Crippen LogP contribution in [0.2, 0.25) is 0 Å². The molecule has 3 aromatic rings. The third-order valence-corrected chi connectivity index (χ3v) is 5.44. The lowest BCUT2D eigenvalue weighted by atomic mass is 9.85. The average Bonchev–Trinajstić information content (AvgIpc) is 2.77. The van der Waals surface area contributed by atoms with Gasteiger partial charge in [-0.2, -0.15) is 0 Å². The van der Waals surface area contributed by atoms with Crippen LogP contribution in [-0.4, -0.2) is 23.6 Å². The van der Waals surface area contributed by atoms with E-state index in [-0.39, 0.29) is 18.0 Å². The molecule has 0 saturated heterocycles. The van der Waals surface area contributed by atoms with Gasteiger partial charge < -0.3 is 14.8 Å². The summed E-state index contributed by atoms with van der Waals surface area (Å²) < 4.78 is 25.0. The van der Waals surface area contributed by atoms with Crippen LogP contribution in [0, 0.1) is 5.82 Å². The second-order valence-electron chi connectivity index (χ2n) is 8.35. The number of halogens is 1. The van der Waals surface area contributed by atoms with Crippen LogP contribution >= 0.6 is 0 Å². The molecule has 1 N–H and O–H groups in total. The fourth-order valence-electron chi connectivity index (χ4n) is 4.19. The van der Waals surface area contributed by atoms with Crippen LogP contribution < -0.4 is 10.1 Å². The Bertz CT molecular complexity index is 1200. The zero-order valence-corrected chi connectivity index (χ0v) is 18.5. The van der Waals surface area contributed by atoms with Gasteiger partial charge >= 0.3 is 5.97 Å². The van der Waals surface area contributed by atoms with Gasteiger partial charge in [-0.05, 0) is 62.2 Å². The van der Waals surface area contributed by atoms with Crippen molar-refractivity contribution in [1.29, 1.82) is 0 Å². The minimum Gasteiger partial charge on any atom is -0.496 e. The molecule has 0 saturated carbocycles. The Kier molecular flexibility index (Phi) is 5.70. The van der Waals surface area contributed by atoms with Gasteiger partial charge in [0.05, 0.1) is 18.2 Å². The number of carbonyl (C=O) groups is 1. The predicted octanol–water partition coefficient (Wildman–Crippen LogP) is 5.86. The highest BCUT2D eigenvalue weighted by atomic mass is 19.1. The van der Waals surface area contributed by atoms with Crippen molar-refractivity contribution in [1.82, 2.24) is 4.98 Å². The van der Waals surface area contributed by atoms with Crippen LogP contribution in [0.4, 0.5) is 10.1 Å². The third kappa shape index (κ3) is 4.21. The molecule has 0 fully saturated rings. The van der Waals surface area contributed by atoms with Crippen molar-refractivity contribution in [2.75, 3.05) is 12.4 Å². The first-order valence-corrected chi connectivity index (χ1v) is 10.3. The molecular formula is C26H25FN2O3. The van der Waals surface area contributed by atoms with E-state index < -0.39 is 5.97 Å². The summed E-state index contributed by atoms with van der Waals surface area (Å²) >= 11 is 0. The first-order valence-electron chi connectivity index (χ1n) is 10.3. The number of nitrogens with one attached hydrogen (secondary N) is 1. The molecule has 164 valence electrons. The zero-order chi connectivity index (χ0) is 22.9. The number of anilines is 1. The number of allylic oxidation sites excluding steroid dienone is 1. The molecule has 0 amide bonds. The van der Waals surface area contributed by atoms with E-state index in [9.17, 15) is 9.18 Å². The Morgan fingerprint density at radius 3 is 2.66 bits per heavy atom. The number of benzene rings is 2. The number of rotatable bonds is 5. The Labute approximate surface area is 186 Å². The summed E-state index contributed by atoms with van der Waals surface area (Å²) in [7, 11) is 1.51. The number of pyridine rings is 1. The van der Waals surface area contributed by atoms with E-state index in [0.29, 0.717) is 11.3 Å². The maximum absolute atomic E-state index is 13.8. The molecule has 2 aromatic carbocycles. The Hall–Kier alpha value is -3.67. The smallest absolute Gasteiger partial charge is 0.340 e. The number of hydrogen-bond acceptors (Lipinski definition) is 5. The minimum atomic E-state index is -0.460. The summed E-state index contributed by atoms with van der Waals surface area (Å²) in [5, 5.41) is 3.52. The maximum Gasteiger partial charge on any atom is 0.340 e. The molecule has 1 aliphatic rings.